The topological polar surface area (TPSA) is 55.1 Å². The van der Waals surface area contributed by atoms with Gasteiger partial charge in [0.15, 0.2) is 0 Å². The van der Waals surface area contributed by atoms with Crippen LogP contribution in [0.2, 0.25) is 5.15 Å². The van der Waals surface area contributed by atoms with Gasteiger partial charge in [0.05, 0.1) is 5.69 Å². The number of aromatic nitrogens is 3. The van der Waals surface area contributed by atoms with Crippen molar-refractivity contribution in [2.45, 2.75) is 19.9 Å². The Bertz CT molecular complexity index is 534. The molecule has 1 aliphatic heterocycles. The van der Waals surface area contributed by atoms with Crippen LogP contribution in [0, 0.1) is 6.92 Å². The van der Waals surface area contributed by atoms with Gasteiger partial charge in [-0.15, -0.1) is 0 Å². The average molecular weight is 251 g/mol. The molecule has 0 fully saturated rings. The molecule has 2 aromatic heterocycles. The maximum Gasteiger partial charge on any atom is 0.134 e. The summed E-state index contributed by atoms with van der Waals surface area (Å²) >= 11 is 5.94. The third-order valence-electron chi connectivity index (χ3n) is 2.83. The molecular weight excluding hydrogens is 240 g/mol. The van der Waals surface area contributed by atoms with Crippen molar-refractivity contribution in [1.29, 1.82) is 0 Å². The van der Waals surface area contributed by atoms with Crippen LogP contribution in [0.1, 0.15) is 17.1 Å². The average Bonchev–Trinajstić information content (AvgIpc) is 2.74. The summed E-state index contributed by atoms with van der Waals surface area (Å²) in [5, 5.41) is 4.44. The summed E-state index contributed by atoms with van der Waals surface area (Å²) in [5.74, 6) is 1.54. The first-order chi connectivity index (χ1) is 8.22. The van der Waals surface area contributed by atoms with Crippen molar-refractivity contribution in [3.05, 3.63) is 34.6 Å². The van der Waals surface area contributed by atoms with Crippen LogP contribution >= 0.6 is 11.6 Å². The van der Waals surface area contributed by atoms with Crippen LogP contribution in [0.25, 0.3) is 0 Å². The summed E-state index contributed by atoms with van der Waals surface area (Å²) in [6.07, 6.45) is 2.56. The summed E-state index contributed by atoms with van der Waals surface area (Å²) in [7, 11) is 0. The van der Waals surface area contributed by atoms with Gasteiger partial charge in [0, 0.05) is 31.1 Å². The van der Waals surface area contributed by atoms with Gasteiger partial charge in [-0.3, -0.25) is 0 Å². The highest BCUT2D eigenvalue weighted by Crippen LogP contribution is 2.23. The lowest BCUT2D eigenvalue weighted by Crippen LogP contribution is -2.30. The van der Waals surface area contributed by atoms with Gasteiger partial charge in [-0.2, -0.15) is 0 Å². The highest BCUT2D eigenvalue weighted by Gasteiger charge is 2.20. The third-order valence-corrected chi connectivity index (χ3v) is 3.02. The number of anilines is 1. The molecule has 0 N–H and O–H groups in total. The Morgan fingerprint density at radius 2 is 2.29 bits per heavy atom. The molecule has 1 aliphatic rings. The fraction of sp³-hybridized carbons (Fsp3) is 0.364. The van der Waals surface area contributed by atoms with Crippen LogP contribution in [0.5, 0.6) is 0 Å². The van der Waals surface area contributed by atoms with Crippen LogP contribution in [0.4, 0.5) is 5.82 Å². The number of nitrogens with zero attached hydrogens (tertiary/aromatic N) is 4. The van der Waals surface area contributed by atoms with Crippen molar-refractivity contribution >= 4 is 17.4 Å². The molecule has 0 aromatic carbocycles. The van der Waals surface area contributed by atoms with E-state index in [0.29, 0.717) is 11.0 Å². The molecule has 88 valence electrons. The molecule has 0 bridgehead atoms. The number of halogens is 1. The summed E-state index contributed by atoms with van der Waals surface area (Å²) in [4.78, 5) is 10.6. The molecule has 0 saturated heterocycles. The lowest BCUT2D eigenvalue weighted by molar-refractivity contribution is 0.412. The largest absolute Gasteiger partial charge is 0.364 e. The lowest BCUT2D eigenvalue weighted by Gasteiger charge is -2.26. The zero-order valence-corrected chi connectivity index (χ0v) is 10.1. The normalized spacial score (nSPS) is 14.8. The van der Waals surface area contributed by atoms with Crippen molar-refractivity contribution in [3.63, 3.8) is 0 Å². The predicted octanol–water partition coefficient (Wildman–Crippen LogP) is 1.99. The smallest absolute Gasteiger partial charge is 0.134 e. The molecule has 0 saturated carbocycles. The number of hydrogen-bond acceptors (Lipinski definition) is 5. The van der Waals surface area contributed by atoms with E-state index in [2.05, 4.69) is 20.0 Å². The number of hydrogen-bond donors (Lipinski definition) is 0. The Balaban J connectivity index is 1.91. The van der Waals surface area contributed by atoms with Gasteiger partial charge in [-0.05, 0) is 6.92 Å². The van der Waals surface area contributed by atoms with Gasteiger partial charge in [0.2, 0.25) is 0 Å². The molecule has 3 rings (SSSR count). The molecule has 0 spiro atoms. The van der Waals surface area contributed by atoms with Crippen molar-refractivity contribution in [1.82, 2.24) is 15.1 Å². The predicted molar refractivity (Wildman–Crippen MR) is 63.0 cm³/mol. The molecular formula is C11H11ClN4O. The summed E-state index contributed by atoms with van der Waals surface area (Å²) in [6.45, 7) is 3.46. The minimum absolute atomic E-state index is 0.476. The molecule has 17 heavy (non-hydrogen) atoms. The van der Waals surface area contributed by atoms with Gasteiger partial charge in [0.25, 0.3) is 0 Å². The Hall–Kier alpha value is -1.62. The molecule has 2 aromatic rings. The monoisotopic (exact) mass is 250 g/mol. The molecule has 6 heteroatoms. The van der Waals surface area contributed by atoms with Gasteiger partial charge in [-0.25, -0.2) is 9.97 Å². The maximum atomic E-state index is 5.94. The standard InChI is InChI=1S/C11H11ClN4O/c1-7-13-10(12)4-11(14-7)16-3-2-9-8(5-16)6-17-15-9/h4,6H,2-3,5H2,1H3. The first kappa shape index (κ1) is 10.5. The summed E-state index contributed by atoms with van der Waals surface area (Å²) < 4.78 is 4.96. The van der Waals surface area contributed by atoms with Crippen molar-refractivity contribution in [2.24, 2.45) is 0 Å². The van der Waals surface area contributed by atoms with Crippen LogP contribution in [0.3, 0.4) is 0 Å². The van der Waals surface area contributed by atoms with E-state index >= 15 is 0 Å². The van der Waals surface area contributed by atoms with E-state index in [-0.39, 0.29) is 0 Å². The van der Waals surface area contributed by atoms with Gasteiger partial charge >= 0.3 is 0 Å². The third kappa shape index (κ3) is 1.98. The Labute approximate surface area is 103 Å². The fourth-order valence-electron chi connectivity index (χ4n) is 2.01. The van der Waals surface area contributed by atoms with Gasteiger partial charge in [-0.1, -0.05) is 16.8 Å². The SMILES string of the molecule is Cc1nc(Cl)cc(N2CCc3nocc3C2)n1. The van der Waals surface area contributed by atoms with E-state index < -0.39 is 0 Å². The Kier molecular flexibility index (Phi) is 2.48. The van der Waals surface area contributed by atoms with E-state index in [1.807, 2.05) is 6.92 Å². The number of fused-ring (bicyclic) bond motifs is 1. The Morgan fingerprint density at radius 3 is 3.12 bits per heavy atom. The van der Waals surface area contributed by atoms with Crippen molar-refractivity contribution in [3.8, 4) is 0 Å². The van der Waals surface area contributed by atoms with E-state index in [1.54, 1.807) is 12.3 Å². The quantitative estimate of drug-likeness (QED) is 0.725. The molecule has 0 aliphatic carbocycles. The first-order valence-corrected chi connectivity index (χ1v) is 5.78. The second-order valence-electron chi connectivity index (χ2n) is 4.05. The van der Waals surface area contributed by atoms with E-state index in [9.17, 15) is 0 Å². The Morgan fingerprint density at radius 1 is 1.41 bits per heavy atom. The minimum Gasteiger partial charge on any atom is -0.364 e. The van der Waals surface area contributed by atoms with E-state index in [1.165, 1.54) is 0 Å². The van der Waals surface area contributed by atoms with E-state index in [4.69, 9.17) is 16.1 Å². The molecule has 0 atom stereocenters. The van der Waals surface area contributed by atoms with Crippen LogP contribution in [0.15, 0.2) is 16.9 Å². The van der Waals surface area contributed by atoms with E-state index in [0.717, 1.165) is 36.6 Å². The van der Waals surface area contributed by atoms with Crippen molar-refractivity contribution < 1.29 is 4.52 Å². The minimum atomic E-state index is 0.476. The van der Waals surface area contributed by atoms with Crippen LogP contribution in [-0.4, -0.2) is 21.7 Å². The lowest BCUT2D eigenvalue weighted by atomic mass is 10.1. The van der Waals surface area contributed by atoms with Crippen LogP contribution < -0.4 is 4.90 Å². The molecule has 0 radical (unpaired) electrons. The fourth-order valence-corrected chi connectivity index (χ4v) is 2.23. The number of rotatable bonds is 1. The highest BCUT2D eigenvalue weighted by molar-refractivity contribution is 6.29. The zero-order chi connectivity index (χ0) is 11.8. The second-order valence-corrected chi connectivity index (χ2v) is 4.44. The second kappa shape index (κ2) is 4.00. The first-order valence-electron chi connectivity index (χ1n) is 5.40. The van der Waals surface area contributed by atoms with Gasteiger partial charge < -0.3 is 9.42 Å². The summed E-state index contributed by atoms with van der Waals surface area (Å²) in [6, 6.07) is 1.78. The number of aryl methyl sites for hydroxylation is 1. The van der Waals surface area contributed by atoms with Crippen molar-refractivity contribution in [2.75, 3.05) is 11.4 Å². The molecule has 0 unspecified atom stereocenters. The van der Waals surface area contributed by atoms with Gasteiger partial charge in [0.1, 0.15) is 23.1 Å². The van der Waals surface area contributed by atoms with Crippen LogP contribution in [-0.2, 0) is 13.0 Å². The summed E-state index contributed by atoms with van der Waals surface area (Å²) in [5.41, 5.74) is 2.15. The highest BCUT2D eigenvalue weighted by atomic mass is 35.5. The molecule has 5 nitrogen and oxygen atoms in total. The maximum absolute atomic E-state index is 5.94. The molecule has 0 amide bonds. The zero-order valence-electron chi connectivity index (χ0n) is 9.35. The molecule has 3 heterocycles.